The average Bonchev–Trinajstić information content (AvgIpc) is 2.81. The molecule has 2 aromatic rings. The van der Waals surface area contributed by atoms with Gasteiger partial charge in [-0.3, -0.25) is 4.90 Å². The predicted molar refractivity (Wildman–Crippen MR) is 126 cm³/mol. The van der Waals surface area contributed by atoms with Gasteiger partial charge in [0, 0.05) is 34.8 Å². The van der Waals surface area contributed by atoms with Gasteiger partial charge >= 0.3 is 6.09 Å². The van der Waals surface area contributed by atoms with E-state index < -0.39 is 0 Å². The Hall–Kier alpha value is -2.80. The lowest BCUT2D eigenvalue weighted by Gasteiger charge is -2.44. The van der Waals surface area contributed by atoms with E-state index in [-0.39, 0.29) is 23.7 Å². The minimum Gasteiger partial charge on any atom is -0.493 e. The van der Waals surface area contributed by atoms with Gasteiger partial charge in [-0.15, -0.1) is 0 Å². The molecule has 3 saturated heterocycles. The van der Waals surface area contributed by atoms with Crippen molar-refractivity contribution in [2.24, 2.45) is 11.3 Å². The third kappa shape index (κ3) is 4.26. The summed E-state index contributed by atoms with van der Waals surface area (Å²) in [5, 5.41) is 3.17. The molecule has 2 atom stereocenters. The lowest BCUT2D eigenvalue weighted by atomic mass is 9.78. The number of hydrogen-bond donors (Lipinski definition) is 1. The summed E-state index contributed by atoms with van der Waals surface area (Å²) in [7, 11) is 1.62. The van der Waals surface area contributed by atoms with Crippen LogP contribution in [0.25, 0.3) is 11.1 Å². The molecular weight excluding hydrogens is 418 g/mol. The fraction of sp³-hybridized carbons (Fsp3) is 0.538. The molecule has 0 radical (unpaired) electrons. The van der Waals surface area contributed by atoms with E-state index >= 15 is 0 Å². The first-order chi connectivity index (χ1) is 15.8. The normalized spacial score (nSPS) is 27.3. The number of carbonyl (C=O) groups is 1. The van der Waals surface area contributed by atoms with Gasteiger partial charge in [0.1, 0.15) is 11.9 Å². The van der Waals surface area contributed by atoms with Crippen LogP contribution in [-0.2, 0) is 4.74 Å². The Morgan fingerprint density at radius 2 is 2.00 bits per heavy atom. The average molecular weight is 452 g/mol. The molecule has 7 heteroatoms. The van der Waals surface area contributed by atoms with Crippen LogP contribution in [0, 0.1) is 18.3 Å². The van der Waals surface area contributed by atoms with Crippen LogP contribution in [0.1, 0.15) is 43.9 Å². The summed E-state index contributed by atoms with van der Waals surface area (Å²) in [4.78, 5) is 19.7. The minimum absolute atomic E-state index is 0.0110. The van der Waals surface area contributed by atoms with Crippen LogP contribution < -0.4 is 14.8 Å². The molecule has 1 N–H and O–H groups in total. The first-order valence-electron chi connectivity index (χ1n) is 11.8. The van der Waals surface area contributed by atoms with Crippen LogP contribution in [-0.4, -0.2) is 55.4 Å². The standard InChI is InChI=1S/C26H33N3O4/c1-16-11-19(13-27-24(16)31-4)18-5-6-20-21(12-18)32-15-26(2,3)23(20)28-25(30)33-22-14-29-9-7-17(22)8-10-29/h5-6,11-13,17,22-23H,7-10,14-15H2,1-4H3,(H,28,30)/t22-,23?/m0/s1. The van der Waals surface area contributed by atoms with Crippen molar-refractivity contribution in [1.29, 1.82) is 0 Å². The van der Waals surface area contributed by atoms with Crippen molar-refractivity contribution in [2.45, 2.75) is 45.8 Å². The maximum absolute atomic E-state index is 12.9. The van der Waals surface area contributed by atoms with Gasteiger partial charge in [-0.2, -0.15) is 0 Å². The number of piperidine rings is 3. The Morgan fingerprint density at radius 1 is 1.21 bits per heavy atom. The van der Waals surface area contributed by atoms with Crippen molar-refractivity contribution >= 4 is 6.09 Å². The summed E-state index contributed by atoms with van der Waals surface area (Å²) in [5.41, 5.74) is 3.70. The maximum Gasteiger partial charge on any atom is 0.407 e. The molecule has 176 valence electrons. The highest BCUT2D eigenvalue weighted by molar-refractivity contribution is 5.70. The lowest BCUT2D eigenvalue weighted by molar-refractivity contribution is -0.0361. The lowest BCUT2D eigenvalue weighted by Crippen LogP contribution is -2.53. The van der Waals surface area contributed by atoms with E-state index in [1.807, 2.05) is 19.1 Å². The summed E-state index contributed by atoms with van der Waals surface area (Å²) in [6, 6.07) is 7.99. The van der Waals surface area contributed by atoms with Crippen molar-refractivity contribution in [1.82, 2.24) is 15.2 Å². The number of amides is 1. The molecule has 1 unspecified atom stereocenters. The van der Waals surface area contributed by atoms with Crippen LogP contribution in [0.2, 0.25) is 0 Å². The summed E-state index contributed by atoms with van der Waals surface area (Å²) < 4.78 is 17.3. The summed E-state index contributed by atoms with van der Waals surface area (Å²) in [6.07, 6.45) is 3.70. The van der Waals surface area contributed by atoms with Crippen molar-refractivity contribution in [3.8, 4) is 22.8 Å². The molecule has 6 rings (SSSR count). The Morgan fingerprint density at radius 3 is 2.67 bits per heavy atom. The molecule has 0 aliphatic carbocycles. The monoisotopic (exact) mass is 451 g/mol. The summed E-state index contributed by atoms with van der Waals surface area (Å²) in [6.45, 7) is 9.81. The van der Waals surface area contributed by atoms with Gasteiger partial charge in [-0.25, -0.2) is 9.78 Å². The summed E-state index contributed by atoms with van der Waals surface area (Å²) in [5.74, 6) is 1.90. The second-order valence-electron chi connectivity index (χ2n) is 10.2. The molecule has 5 heterocycles. The zero-order chi connectivity index (χ0) is 23.2. The number of nitrogens with zero attached hydrogens (tertiary/aromatic N) is 2. The fourth-order valence-electron chi connectivity index (χ4n) is 5.39. The minimum atomic E-state index is -0.335. The van der Waals surface area contributed by atoms with Crippen LogP contribution >= 0.6 is 0 Å². The number of alkyl carbamates (subject to hydrolysis) is 1. The van der Waals surface area contributed by atoms with Gasteiger partial charge in [-0.05, 0) is 56.5 Å². The molecule has 2 bridgehead atoms. The number of rotatable bonds is 4. The fourth-order valence-corrected chi connectivity index (χ4v) is 5.39. The topological polar surface area (TPSA) is 72.9 Å². The predicted octanol–water partition coefficient (Wildman–Crippen LogP) is 4.35. The Labute approximate surface area is 195 Å². The van der Waals surface area contributed by atoms with Crippen LogP contribution in [0.5, 0.6) is 11.6 Å². The van der Waals surface area contributed by atoms with Crippen molar-refractivity contribution in [2.75, 3.05) is 33.4 Å². The van der Waals surface area contributed by atoms with E-state index in [0.29, 0.717) is 18.4 Å². The van der Waals surface area contributed by atoms with E-state index in [2.05, 4.69) is 41.2 Å². The number of methoxy groups -OCH3 is 1. The molecule has 7 nitrogen and oxygen atoms in total. The number of benzene rings is 1. The summed E-state index contributed by atoms with van der Waals surface area (Å²) >= 11 is 0. The molecule has 0 saturated carbocycles. The Balaban J connectivity index is 1.35. The number of ether oxygens (including phenoxy) is 3. The van der Waals surface area contributed by atoms with Crippen molar-refractivity contribution in [3.63, 3.8) is 0 Å². The number of carbonyl (C=O) groups excluding carboxylic acids is 1. The third-order valence-electron chi connectivity index (χ3n) is 7.38. The number of aryl methyl sites for hydroxylation is 1. The molecule has 3 fully saturated rings. The Bertz CT molecular complexity index is 1050. The SMILES string of the molecule is COc1ncc(-c2ccc3c(c2)OCC(C)(C)C3NC(=O)O[C@H]2CN3CCC2CC3)cc1C. The number of nitrogens with one attached hydrogen (secondary N) is 1. The van der Waals surface area contributed by atoms with Crippen LogP contribution in [0.3, 0.4) is 0 Å². The van der Waals surface area contributed by atoms with Gasteiger partial charge in [0.05, 0.1) is 19.8 Å². The van der Waals surface area contributed by atoms with Gasteiger partial charge in [0.15, 0.2) is 0 Å². The van der Waals surface area contributed by atoms with E-state index in [4.69, 9.17) is 14.2 Å². The van der Waals surface area contributed by atoms with Crippen LogP contribution in [0.4, 0.5) is 4.79 Å². The smallest absolute Gasteiger partial charge is 0.407 e. The van der Waals surface area contributed by atoms with Crippen LogP contribution in [0.15, 0.2) is 30.5 Å². The molecule has 1 aromatic heterocycles. The second kappa shape index (κ2) is 8.52. The highest BCUT2D eigenvalue weighted by atomic mass is 16.6. The largest absolute Gasteiger partial charge is 0.493 e. The van der Waals surface area contributed by atoms with Gasteiger partial charge in [-0.1, -0.05) is 26.0 Å². The Kier molecular flexibility index (Phi) is 5.69. The van der Waals surface area contributed by atoms with E-state index in [1.54, 1.807) is 13.3 Å². The number of fused-ring (bicyclic) bond motifs is 4. The molecule has 1 aromatic carbocycles. The number of pyridine rings is 1. The molecule has 0 spiro atoms. The number of aromatic nitrogens is 1. The first-order valence-corrected chi connectivity index (χ1v) is 11.8. The van der Waals surface area contributed by atoms with Gasteiger partial charge < -0.3 is 19.5 Å². The van der Waals surface area contributed by atoms with Gasteiger partial charge in [0.2, 0.25) is 5.88 Å². The quantitative estimate of drug-likeness (QED) is 0.745. The molecule has 1 amide bonds. The number of hydrogen-bond acceptors (Lipinski definition) is 6. The molecular formula is C26H33N3O4. The molecule has 4 aliphatic heterocycles. The second-order valence-corrected chi connectivity index (χ2v) is 10.2. The third-order valence-corrected chi connectivity index (χ3v) is 7.38. The van der Waals surface area contributed by atoms with E-state index in [1.165, 1.54) is 0 Å². The molecule has 33 heavy (non-hydrogen) atoms. The first kappa shape index (κ1) is 22.0. The van der Waals surface area contributed by atoms with E-state index in [9.17, 15) is 4.79 Å². The molecule has 4 aliphatic rings. The highest BCUT2D eigenvalue weighted by Gasteiger charge is 2.41. The highest BCUT2D eigenvalue weighted by Crippen LogP contribution is 2.44. The van der Waals surface area contributed by atoms with E-state index in [0.717, 1.165) is 60.5 Å². The van der Waals surface area contributed by atoms with Crippen molar-refractivity contribution < 1.29 is 19.0 Å². The zero-order valence-electron chi connectivity index (χ0n) is 19.9. The van der Waals surface area contributed by atoms with Crippen molar-refractivity contribution in [3.05, 3.63) is 41.6 Å². The zero-order valence-corrected chi connectivity index (χ0v) is 19.9. The van der Waals surface area contributed by atoms with Gasteiger partial charge in [0.25, 0.3) is 0 Å². The maximum atomic E-state index is 12.9.